The number of aliphatic imine (C=N–C) groups is 1. The normalized spacial score (nSPS) is 17.5. The monoisotopic (exact) mass is 471 g/mol. The number of hydrogen-bond donors (Lipinski definition) is 1. The summed E-state index contributed by atoms with van der Waals surface area (Å²) < 4.78 is 5.59. The molecule has 0 aliphatic carbocycles. The molecule has 4 aromatic rings. The lowest BCUT2D eigenvalue weighted by atomic mass is 9.76. The second-order valence-electron chi connectivity index (χ2n) is 9.18. The van der Waals surface area contributed by atoms with Gasteiger partial charge in [-0.1, -0.05) is 37.6 Å². The smallest absolute Gasteiger partial charge is 0.314 e. The first kappa shape index (κ1) is 22.7. The number of hydrogen-bond acceptors (Lipinski definition) is 6. The van der Waals surface area contributed by atoms with Gasteiger partial charge in [0.25, 0.3) is 0 Å². The van der Waals surface area contributed by atoms with E-state index in [1.165, 1.54) is 0 Å². The molecule has 0 saturated heterocycles. The summed E-state index contributed by atoms with van der Waals surface area (Å²) in [5, 5.41) is 14.3. The maximum Gasteiger partial charge on any atom is 0.335 e. The molecule has 4 heterocycles. The Labute approximate surface area is 203 Å². The van der Waals surface area contributed by atoms with Crippen LogP contribution in [-0.4, -0.2) is 45.5 Å². The van der Waals surface area contributed by atoms with Crippen LogP contribution < -0.4 is 5.69 Å². The van der Waals surface area contributed by atoms with Crippen molar-refractivity contribution in [2.45, 2.75) is 58.0 Å². The van der Waals surface area contributed by atoms with Crippen LogP contribution in [0.15, 0.2) is 64.9 Å². The quantitative estimate of drug-likeness (QED) is 0.423. The van der Waals surface area contributed by atoms with Gasteiger partial charge in [0, 0.05) is 60.3 Å². The van der Waals surface area contributed by atoms with Crippen LogP contribution in [0.1, 0.15) is 50.9 Å². The van der Waals surface area contributed by atoms with Gasteiger partial charge in [0.2, 0.25) is 5.95 Å². The Morgan fingerprint density at radius 3 is 2.86 bits per heavy atom. The Morgan fingerprint density at radius 2 is 2.14 bits per heavy atom. The van der Waals surface area contributed by atoms with Crippen molar-refractivity contribution in [3.63, 3.8) is 0 Å². The first-order chi connectivity index (χ1) is 17.0. The van der Waals surface area contributed by atoms with Crippen LogP contribution in [0.2, 0.25) is 0 Å². The molecule has 1 aromatic carbocycles. The lowest BCUT2D eigenvalue weighted by Gasteiger charge is -2.32. The number of rotatable bonds is 8. The predicted molar refractivity (Wildman–Crippen MR) is 134 cm³/mol. The molecular weight excluding hydrogens is 442 g/mol. The summed E-state index contributed by atoms with van der Waals surface area (Å²) in [4.78, 5) is 22.6. The SMILES string of the molecule is CCCc1cn(-c2nccn2C(C)C)c(=O)n1CC1(c2cccc(-c3nnn[nH]3)c2)C=CN=CC1. The summed E-state index contributed by atoms with van der Waals surface area (Å²) in [5.74, 6) is 1.24. The number of benzene rings is 1. The largest absolute Gasteiger partial charge is 0.335 e. The van der Waals surface area contributed by atoms with E-state index < -0.39 is 5.41 Å². The number of imidazole rings is 2. The van der Waals surface area contributed by atoms with Crippen molar-refractivity contribution in [1.29, 1.82) is 0 Å². The van der Waals surface area contributed by atoms with Gasteiger partial charge in [0.05, 0.1) is 0 Å². The van der Waals surface area contributed by atoms with E-state index in [1.807, 2.05) is 46.1 Å². The zero-order valence-electron chi connectivity index (χ0n) is 20.2. The molecule has 35 heavy (non-hydrogen) atoms. The van der Waals surface area contributed by atoms with Gasteiger partial charge >= 0.3 is 5.69 Å². The third-order valence-electron chi connectivity index (χ3n) is 6.53. The molecular formula is C25H29N9O. The summed E-state index contributed by atoms with van der Waals surface area (Å²) in [7, 11) is 0. The van der Waals surface area contributed by atoms with Gasteiger partial charge < -0.3 is 4.57 Å². The molecule has 0 spiro atoms. The van der Waals surface area contributed by atoms with E-state index in [2.05, 4.69) is 69.6 Å². The molecule has 1 aliphatic heterocycles. The van der Waals surface area contributed by atoms with Crippen molar-refractivity contribution < 1.29 is 0 Å². The van der Waals surface area contributed by atoms with Crippen LogP contribution in [-0.2, 0) is 18.4 Å². The van der Waals surface area contributed by atoms with Crippen molar-refractivity contribution in [2.24, 2.45) is 4.99 Å². The van der Waals surface area contributed by atoms with Gasteiger partial charge in [-0.25, -0.2) is 19.4 Å². The highest BCUT2D eigenvalue weighted by Crippen LogP contribution is 2.35. The summed E-state index contributed by atoms with van der Waals surface area (Å²) in [6.45, 7) is 6.77. The molecule has 10 heteroatoms. The van der Waals surface area contributed by atoms with Gasteiger partial charge in [0.15, 0.2) is 5.82 Å². The molecule has 5 rings (SSSR count). The molecule has 1 atom stereocenters. The summed E-state index contributed by atoms with van der Waals surface area (Å²) in [5.41, 5.74) is 2.41. The van der Waals surface area contributed by atoms with Crippen LogP contribution >= 0.6 is 0 Å². The first-order valence-electron chi connectivity index (χ1n) is 11.9. The number of aromatic nitrogens is 8. The fraction of sp³-hybridized carbons (Fsp3) is 0.360. The zero-order valence-corrected chi connectivity index (χ0v) is 20.2. The molecule has 1 aliphatic rings. The first-order valence-corrected chi connectivity index (χ1v) is 11.9. The molecule has 180 valence electrons. The number of aromatic amines is 1. The minimum atomic E-state index is -0.447. The van der Waals surface area contributed by atoms with Crippen molar-refractivity contribution in [3.8, 4) is 17.3 Å². The van der Waals surface area contributed by atoms with E-state index in [9.17, 15) is 4.79 Å². The fourth-order valence-corrected chi connectivity index (χ4v) is 4.68. The second-order valence-corrected chi connectivity index (χ2v) is 9.18. The maximum absolute atomic E-state index is 13.8. The molecule has 1 unspecified atom stereocenters. The van der Waals surface area contributed by atoms with E-state index in [1.54, 1.807) is 10.8 Å². The molecule has 10 nitrogen and oxygen atoms in total. The Hall–Kier alpha value is -4.08. The summed E-state index contributed by atoms with van der Waals surface area (Å²) in [6.07, 6.45) is 13.8. The Bertz CT molecular complexity index is 1420. The van der Waals surface area contributed by atoms with E-state index in [-0.39, 0.29) is 11.7 Å². The molecule has 0 saturated carbocycles. The van der Waals surface area contributed by atoms with E-state index in [4.69, 9.17) is 0 Å². The second kappa shape index (κ2) is 9.28. The van der Waals surface area contributed by atoms with Crippen molar-refractivity contribution >= 4 is 6.21 Å². The fourth-order valence-electron chi connectivity index (χ4n) is 4.68. The molecule has 0 bridgehead atoms. The number of aryl methyl sites for hydroxylation is 1. The minimum Gasteiger partial charge on any atom is -0.314 e. The molecule has 3 aromatic heterocycles. The maximum atomic E-state index is 13.8. The Balaban J connectivity index is 1.61. The number of allylic oxidation sites excluding steroid dienone is 1. The van der Waals surface area contributed by atoms with Crippen LogP contribution in [0, 0.1) is 0 Å². The third kappa shape index (κ3) is 4.16. The van der Waals surface area contributed by atoms with Crippen LogP contribution in [0.5, 0.6) is 0 Å². The highest BCUT2D eigenvalue weighted by molar-refractivity contribution is 5.65. The predicted octanol–water partition coefficient (Wildman–Crippen LogP) is 3.48. The van der Waals surface area contributed by atoms with Crippen LogP contribution in [0.4, 0.5) is 0 Å². The van der Waals surface area contributed by atoms with E-state index in [0.717, 1.165) is 29.7 Å². The third-order valence-corrected chi connectivity index (χ3v) is 6.53. The average molecular weight is 472 g/mol. The van der Waals surface area contributed by atoms with Crippen molar-refractivity contribution in [2.75, 3.05) is 0 Å². The number of nitrogens with zero attached hydrogens (tertiary/aromatic N) is 8. The van der Waals surface area contributed by atoms with E-state index in [0.29, 0.717) is 24.7 Å². The lowest BCUT2D eigenvalue weighted by molar-refractivity contribution is 0.438. The van der Waals surface area contributed by atoms with Crippen LogP contribution in [0.3, 0.4) is 0 Å². The van der Waals surface area contributed by atoms with Gasteiger partial charge in [-0.3, -0.25) is 9.56 Å². The zero-order chi connectivity index (χ0) is 24.4. The lowest BCUT2D eigenvalue weighted by Crippen LogP contribution is -2.37. The Kier molecular flexibility index (Phi) is 6.02. The molecule has 1 N–H and O–H groups in total. The van der Waals surface area contributed by atoms with Gasteiger partial charge in [-0.2, -0.15) is 0 Å². The van der Waals surface area contributed by atoms with Crippen molar-refractivity contribution in [3.05, 3.63) is 76.9 Å². The van der Waals surface area contributed by atoms with Gasteiger partial charge in [0.1, 0.15) is 0 Å². The number of tetrazole rings is 1. The average Bonchev–Trinajstić information content (AvgIpc) is 3.63. The summed E-state index contributed by atoms with van der Waals surface area (Å²) in [6, 6.07) is 8.32. The number of nitrogens with one attached hydrogen (secondary N) is 1. The van der Waals surface area contributed by atoms with Gasteiger partial charge in [-0.15, -0.1) is 5.10 Å². The molecule has 0 amide bonds. The highest BCUT2D eigenvalue weighted by Gasteiger charge is 2.33. The van der Waals surface area contributed by atoms with Crippen molar-refractivity contribution in [1.82, 2.24) is 39.3 Å². The van der Waals surface area contributed by atoms with Gasteiger partial charge in [-0.05, 0) is 48.7 Å². The molecule has 0 radical (unpaired) electrons. The Morgan fingerprint density at radius 1 is 1.26 bits per heavy atom. The molecule has 0 fully saturated rings. The van der Waals surface area contributed by atoms with Crippen LogP contribution in [0.25, 0.3) is 17.3 Å². The summed E-state index contributed by atoms with van der Waals surface area (Å²) >= 11 is 0. The minimum absolute atomic E-state index is 0.0903. The standard InChI is InChI=1S/C25H29N9O/c1-4-6-21-16-33(23-27-13-14-32(23)18(2)3)24(35)34(21)17-25(9-11-26-12-10-25)20-8-5-7-19(15-20)22-28-30-31-29-22/h5,7-9,11-16,18H,4,6,10,17H2,1-3H3,(H,28,29,30,31). The number of H-pyrrole nitrogens is 1. The highest BCUT2D eigenvalue weighted by atomic mass is 16.1. The van der Waals surface area contributed by atoms with E-state index >= 15 is 0 Å². The topological polar surface area (TPSA) is 112 Å².